The molecule has 1 atom stereocenters. The predicted molar refractivity (Wildman–Crippen MR) is 79.3 cm³/mol. The second-order valence-electron chi connectivity index (χ2n) is 4.42. The summed E-state index contributed by atoms with van der Waals surface area (Å²) < 4.78 is 0. The first kappa shape index (κ1) is 11.5. The Morgan fingerprint density at radius 3 is 3.11 bits per heavy atom. The molecular weight excluding hydrogens is 242 g/mol. The number of anilines is 1. The molecule has 0 bridgehead atoms. The number of nitrogens with zero attached hydrogens (tertiary/aromatic N) is 2. The molecule has 0 spiro atoms. The van der Waals surface area contributed by atoms with Crippen LogP contribution in [0.25, 0.3) is 10.9 Å². The predicted octanol–water partition coefficient (Wildman–Crippen LogP) is 3.53. The van der Waals surface area contributed by atoms with Crippen molar-refractivity contribution in [3.8, 4) is 0 Å². The molecule has 0 aliphatic carbocycles. The molecule has 3 rings (SSSR count). The van der Waals surface area contributed by atoms with Crippen LogP contribution < -0.4 is 5.32 Å². The SMILES string of the molecule is CC1CCSC(Nc2cccc3ncccc23)=N1. The van der Waals surface area contributed by atoms with E-state index in [-0.39, 0.29) is 0 Å². The van der Waals surface area contributed by atoms with Crippen molar-refractivity contribution in [3.05, 3.63) is 36.5 Å². The van der Waals surface area contributed by atoms with Crippen molar-refractivity contribution in [2.24, 2.45) is 4.99 Å². The summed E-state index contributed by atoms with van der Waals surface area (Å²) in [7, 11) is 0. The van der Waals surface area contributed by atoms with E-state index >= 15 is 0 Å². The molecule has 1 aromatic heterocycles. The van der Waals surface area contributed by atoms with E-state index in [9.17, 15) is 0 Å². The largest absolute Gasteiger partial charge is 0.334 e. The van der Waals surface area contributed by atoms with Crippen molar-refractivity contribution in [1.82, 2.24) is 4.98 Å². The minimum absolute atomic E-state index is 0.418. The minimum Gasteiger partial charge on any atom is -0.334 e. The van der Waals surface area contributed by atoms with E-state index in [0.29, 0.717) is 6.04 Å². The maximum atomic E-state index is 4.63. The minimum atomic E-state index is 0.418. The second kappa shape index (κ2) is 4.98. The number of pyridine rings is 1. The lowest BCUT2D eigenvalue weighted by atomic mass is 10.2. The van der Waals surface area contributed by atoms with Crippen molar-refractivity contribution in [3.63, 3.8) is 0 Å². The lowest BCUT2D eigenvalue weighted by molar-refractivity contribution is 0.720. The van der Waals surface area contributed by atoms with Gasteiger partial charge in [-0.25, -0.2) is 0 Å². The number of aromatic nitrogens is 1. The molecule has 0 saturated heterocycles. The van der Waals surface area contributed by atoms with Crippen LogP contribution in [0.5, 0.6) is 0 Å². The van der Waals surface area contributed by atoms with Gasteiger partial charge in [-0.3, -0.25) is 9.98 Å². The average Bonchev–Trinajstić information content (AvgIpc) is 2.39. The molecule has 0 amide bonds. The van der Waals surface area contributed by atoms with E-state index in [2.05, 4.69) is 34.3 Å². The molecule has 4 heteroatoms. The van der Waals surface area contributed by atoms with Crippen LogP contribution in [-0.4, -0.2) is 21.9 Å². The van der Waals surface area contributed by atoms with Crippen LogP contribution in [0.4, 0.5) is 5.69 Å². The van der Waals surface area contributed by atoms with Gasteiger partial charge in [0.2, 0.25) is 0 Å². The molecule has 1 aromatic carbocycles. The molecule has 1 unspecified atom stereocenters. The van der Waals surface area contributed by atoms with Crippen LogP contribution in [0.3, 0.4) is 0 Å². The van der Waals surface area contributed by atoms with Gasteiger partial charge in [-0.15, -0.1) is 0 Å². The Morgan fingerprint density at radius 1 is 1.28 bits per heavy atom. The van der Waals surface area contributed by atoms with Gasteiger partial charge in [0.25, 0.3) is 0 Å². The first-order valence-corrected chi connectivity index (χ1v) is 7.13. The molecule has 2 aromatic rings. The van der Waals surface area contributed by atoms with Crippen LogP contribution in [0.15, 0.2) is 41.5 Å². The van der Waals surface area contributed by atoms with Gasteiger partial charge < -0.3 is 5.32 Å². The molecule has 0 fully saturated rings. The summed E-state index contributed by atoms with van der Waals surface area (Å²) in [6.45, 7) is 2.16. The van der Waals surface area contributed by atoms with Gasteiger partial charge in [-0.1, -0.05) is 17.8 Å². The van der Waals surface area contributed by atoms with Crippen LogP contribution in [0, 0.1) is 0 Å². The highest BCUT2D eigenvalue weighted by atomic mass is 32.2. The zero-order valence-corrected chi connectivity index (χ0v) is 11.1. The summed E-state index contributed by atoms with van der Waals surface area (Å²) in [5.74, 6) is 1.13. The third-order valence-electron chi connectivity index (χ3n) is 3.00. The summed E-state index contributed by atoms with van der Waals surface area (Å²) in [5.41, 5.74) is 2.10. The number of thioether (sulfide) groups is 1. The third kappa shape index (κ3) is 2.34. The molecule has 1 N–H and O–H groups in total. The fraction of sp³-hybridized carbons (Fsp3) is 0.286. The van der Waals surface area contributed by atoms with E-state index in [1.165, 1.54) is 0 Å². The molecule has 3 nitrogen and oxygen atoms in total. The Hall–Kier alpha value is -1.55. The van der Waals surface area contributed by atoms with Gasteiger partial charge in [0.15, 0.2) is 5.17 Å². The highest BCUT2D eigenvalue weighted by Crippen LogP contribution is 2.24. The number of hydrogen-bond donors (Lipinski definition) is 1. The number of nitrogens with one attached hydrogen (secondary N) is 1. The van der Waals surface area contributed by atoms with Gasteiger partial charge in [-0.2, -0.15) is 0 Å². The lowest BCUT2D eigenvalue weighted by Crippen LogP contribution is -2.18. The fourth-order valence-electron chi connectivity index (χ4n) is 2.02. The zero-order valence-electron chi connectivity index (χ0n) is 10.3. The van der Waals surface area contributed by atoms with Crippen molar-refractivity contribution in [1.29, 1.82) is 0 Å². The van der Waals surface area contributed by atoms with E-state index in [0.717, 1.165) is 33.9 Å². The van der Waals surface area contributed by atoms with Crippen LogP contribution in [0.1, 0.15) is 13.3 Å². The fourth-order valence-corrected chi connectivity index (χ4v) is 3.11. The molecule has 92 valence electrons. The topological polar surface area (TPSA) is 37.3 Å². The quantitative estimate of drug-likeness (QED) is 0.849. The summed E-state index contributed by atoms with van der Waals surface area (Å²) in [6.07, 6.45) is 2.98. The van der Waals surface area contributed by atoms with Crippen molar-refractivity contribution in [2.75, 3.05) is 11.1 Å². The van der Waals surface area contributed by atoms with E-state index in [1.807, 2.05) is 24.4 Å². The molecule has 2 heterocycles. The van der Waals surface area contributed by atoms with Crippen LogP contribution in [0.2, 0.25) is 0 Å². The number of amidine groups is 1. The second-order valence-corrected chi connectivity index (χ2v) is 5.50. The van der Waals surface area contributed by atoms with Crippen molar-refractivity contribution < 1.29 is 0 Å². The number of fused-ring (bicyclic) bond motifs is 1. The maximum absolute atomic E-state index is 4.63. The van der Waals surface area contributed by atoms with Crippen LogP contribution in [-0.2, 0) is 0 Å². The molecule has 1 aliphatic rings. The zero-order chi connectivity index (χ0) is 12.4. The Labute approximate surface area is 111 Å². The Kier molecular flexibility index (Phi) is 3.19. The molecule has 1 aliphatic heterocycles. The molecular formula is C14H15N3S. The normalized spacial score (nSPS) is 19.6. The van der Waals surface area contributed by atoms with Gasteiger partial charge >= 0.3 is 0 Å². The Balaban J connectivity index is 1.95. The molecule has 0 radical (unpaired) electrons. The van der Waals surface area contributed by atoms with Gasteiger partial charge in [-0.05, 0) is 37.6 Å². The maximum Gasteiger partial charge on any atom is 0.161 e. The number of rotatable bonds is 1. The molecule has 18 heavy (non-hydrogen) atoms. The summed E-state index contributed by atoms with van der Waals surface area (Å²) in [4.78, 5) is 9.00. The molecule has 0 saturated carbocycles. The first-order chi connectivity index (χ1) is 8.83. The van der Waals surface area contributed by atoms with Gasteiger partial charge in [0.05, 0.1) is 11.6 Å². The summed E-state index contributed by atoms with van der Waals surface area (Å²) >= 11 is 1.79. The number of hydrogen-bond acceptors (Lipinski definition) is 4. The third-order valence-corrected chi connectivity index (χ3v) is 3.92. The number of aliphatic imine (C=N–C) groups is 1. The Morgan fingerprint density at radius 2 is 2.22 bits per heavy atom. The van der Waals surface area contributed by atoms with Crippen molar-refractivity contribution in [2.45, 2.75) is 19.4 Å². The lowest BCUT2D eigenvalue weighted by Gasteiger charge is -2.18. The van der Waals surface area contributed by atoms with E-state index < -0.39 is 0 Å². The highest BCUT2D eigenvalue weighted by molar-refractivity contribution is 8.14. The van der Waals surface area contributed by atoms with E-state index in [1.54, 1.807) is 11.8 Å². The summed E-state index contributed by atoms with van der Waals surface area (Å²) in [6, 6.07) is 10.6. The Bertz CT molecular complexity index is 589. The van der Waals surface area contributed by atoms with Gasteiger partial charge in [0, 0.05) is 23.0 Å². The standard InChI is InChI=1S/C14H15N3S/c1-10-7-9-18-14(16-10)17-13-6-2-5-12-11(13)4-3-8-15-12/h2-6,8,10H,7,9H2,1H3,(H,16,17). The van der Waals surface area contributed by atoms with E-state index in [4.69, 9.17) is 0 Å². The van der Waals surface area contributed by atoms with Gasteiger partial charge in [0.1, 0.15) is 0 Å². The monoisotopic (exact) mass is 257 g/mol. The smallest absolute Gasteiger partial charge is 0.161 e. The summed E-state index contributed by atoms with van der Waals surface area (Å²) in [5, 5.41) is 5.59. The number of benzene rings is 1. The van der Waals surface area contributed by atoms with Crippen molar-refractivity contribution >= 4 is 33.5 Å². The van der Waals surface area contributed by atoms with Crippen LogP contribution >= 0.6 is 11.8 Å². The highest BCUT2D eigenvalue weighted by Gasteiger charge is 2.12. The average molecular weight is 257 g/mol. The first-order valence-electron chi connectivity index (χ1n) is 6.14.